The van der Waals surface area contributed by atoms with Crippen LogP contribution in [0.5, 0.6) is 0 Å². The summed E-state index contributed by atoms with van der Waals surface area (Å²) < 4.78 is 44.5. The molecule has 0 aliphatic heterocycles. The van der Waals surface area contributed by atoms with E-state index >= 15 is 0 Å². The van der Waals surface area contributed by atoms with Gasteiger partial charge in [0, 0.05) is 5.02 Å². The van der Waals surface area contributed by atoms with Gasteiger partial charge in [0.25, 0.3) is 5.91 Å². The van der Waals surface area contributed by atoms with Crippen molar-refractivity contribution in [2.24, 2.45) is 0 Å². The molecule has 4 nitrogen and oxygen atoms in total. The Morgan fingerprint density at radius 3 is 2.40 bits per heavy atom. The van der Waals surface area contributed by atoms with Crippen LogP contribution in [0.4, 0.5) is 18.9 Å². The maximum atomic E-state index is 13.5. The number of nitrogens with one attached hydrogen (secondary N) is 1. The van der Waals surface area contributed by atoms with E-state index in [-0.39, 0.29) is 10.6 Å². The summed E-state index contributed by atoms with van der Waals surface area (Å²) >= 11 is 11.6. The molecule has 0 bridgehead atoms. The summed E-state index contributed by atoms with van der Waals surface area (Å²) in [4.78, 5) is 23.9. The standard InChI is InChI=1S/C16H10Cl2F3NO3/c1-7(25-16(24)9-3-2-8(17)6-10(9)18)15(23)22-12-5-4-11(19)13(20)14(12)21/h2-7H,1H3,(H,22,23)/t7-/m1/s1. The lowest BCUT2D eigenvalue weighted by Crippen LogP contribution is -2.30. The number of amides is 1. The van der Waals surface area contributed by atoms with Crippen LogP contribution in [0, 0.1) is 17.5 Å². The summed E-state index contributed by atoms with van der Waals surface area (Å²) in [5.41, 5.74) is -0.610. The number of hydrogen-bond acceptors (Lipinski definition) is 3. The number of ether oxygens (including phenoxy) is 1. The minimum absolute atomic E-state index is 0.0234. The number of anilines is 1. The summed E-state index contributed by atoms with van der Waals surface area (Å²) in [5, 5.41) is 2.34. The summed E-state index contributed by atoms with van der Waals surface area (Å²) in [7, 11) is 0. The zero-order valence-electron chi connectivity index (χ0n) is 12.6. The van der Waals surface area contributed by atoms with Crippen molar-refractivity contribution < 1.29 is 27.5 Å². The molecule has 2 rings (SSSR count). The van der Waals surface area contributed by atoms with Crippen LogP contribution in [0.2, 0.25) is 10.0 Å². The molecule has 0 saturated carbocycles. The molecule has 0 radical (unpaired) electrons. The van der Waals surface area contributed by atoms with Gasteiger partial charge in [-0.05, 0) is 37.3 Å². The van der Waals surface area contributed by atoms with Crippen molar-refractivity contribution in [1.82, 2.24) is 0 Å². The van der Waals surface area contributed by atoms with Crippen LogP contribution in [0.15, 0.2) is 30.3 Å². The average molecular weight is 392 g/mol. The second kappa shape index (κ2) is 7.76. The molecule has 0 heterocycles. The minimum atomic E-state index is -1.73. The van der Waals surface area contributed by atoms with Crippen molar-refractivity contribution in [2.75, 3.05) is 5.32 Å². The highest BCUT2D eigenvalue weighted by Gasteiger charge is 2.23. The lowest BCUT2D eigenvalue weighted by atomic mass is 10.2. The van der Waals surface area contributed by atoms with Gasteiger partial charge in [0.1, 0.15) is 0 Å². The van der Waals surface area contributed by atoms with Crippen LogP contribution in [0.25, 0.3) is 0 Å². The molecule has 0 spiro atoms. The molecule has 2 aromatic carbocycles. The Morgan fingerprint density at radius 1 is 1.08 bits per heavy atom. The number of rotatable bonds is 4. The number of carbonyl (C=O) groups excluding carboxylic acids is 2. The summed E-state index contributed by atoms with van der Waals surface area (Å²) in [6.45, 7) is 1.22. The van der Waals surface area contributed by atoms with Gasteiger partial charge in [0.05, 0.1) is 16.3 Å². The zero-order valence-corrected chi connectivity index (χ0v) is 14.1. The molecule has 2 aromatic rings. The van der Waals surface area contributed by atoms with Gasteiger partial charge in [-0.15, -0.1) is 0 Å². The van der Waals surface area contributed by atoms with Crippen molar-refractivity contribution >= 4 is 40.8 Å². The molecule has 25 heavy (non-hydrogen) atoms. The van der Waals surface area contributed by atoms with Crippen molar-refractivity contribution in [3.8, 4) is 0 Å². The van der Waals surface area contributed by atoms with Crippen LogP contribution in [0.3, 0.4) is 0 Å². The molecule has 0 aliphatic rings. The molecule has 0 fully saturated rings. The summed E-state index contributed by atoms with van der Waals surface area (Å²) in [5.74, 6) is -6.53. The third-order valence-corrected chi connectivity index (χ3v) is 3.64. The highest BCUT2D eigenvalue weighted by molar-refractivity contribution is 6.36. The van der Waals surface area contributed by atoms with E-state index in [9.17, 15) is 22.8 Å². The van der Waals surface area contributed by atoms with E-state index in [4.69, 9.17) is 27.9 Å². The highest BCUT2D eigenvalue weighted by Crippen LogP contribution is 2.23. The van der Waals surface area contributed by atoms with Crippen LogP contribution in [0.1, 0.15) is 17.3 Å². The van der Waals surface area contributed by atoms with E-state index in [1.807, 2.05) is 5.32 Å². The molecule has 0 aliphatic carbocycles. The van der Waals surface area contributed by atoms with E-state index in [0.717, 1.165) is 6.07 Å². The third kappa shape index (κ3) is 4.43. The second-order valence-electron chi connectivity index (χ2n) is 4.88. The third-order valence-electron chi connectivity index (χ3n) is 3.10. The SMILES string of the molecule is C[C@@H](OC(=O)c1ccc(Cl)cc1Cl)C(=O)Nc1ccc(F)c(F)c1F. The number of halogens is 5. The van der Waals surface area contributed by atoms with Gasteiger partial charge >= 0.3 is 5.97 Å². The molecule has 0 saturated heterocycles. The number of hydrogen-bond donors (Lipinski definition) is 1. The zero-order chi connectivity index (χ0) is 18.7. The lowest BCUT2D eigenvalue weighted by Gasteiger charge is -2.14. The molecule has 1 atom stereocenters. The molecule has 1 amide bonds. The fourth-order valence-corrected chi connectivity index (χ4v) is 2.28. The first-order valence-electron chi connectivity index (χ1n) is 6.81. The maximum absolute atomic E-state index is 13.5. The van der Waals surface area contributed by atoms with Crippen LogP contribution >= 0.6 is 23.2 Å². The Hall–Kier alpha value is -2.25. The Labute approximate surface area is 150 Å². The highest BCUT2D eigenvalue weighted by atomic mass is 35.5. The van der Waals surface area contributed by atoms with E-state index in [2.05, 4.69) is 0 Å². The van der Waals surface area contributed by atoms with Crippen molar-refractivity contribution in [2.45, 2.75) is 13.0 Å². The van der Waals surface area contributed by atoms with Gasteiger partial charge in [-0.25, -0.2) is 18.0 Å². The first-order valence-corrected chi connectivity index (χ1v) is 7.56. The smallest absolute Gasteiger partial charge is 0.340 e. The number of carbonyl (C=O) groups is 2. The van der Waals surface area contributed by atoms with Crippen molar-refractivity contribution in [3.05, 3.63) is 63.4 Å². The van der Waals surface area contributed by atoms with Gasteiger partial charge in [0.2, 0.25) is 0 Å². The quantitative estimate of drug-likeness (QED) is 0.612. The van der Waals surface area contributed by atoms with Crippen molar-refractivity contribution in [1.29, 1.82) is 0 Å². The predicted octanol–water partition coefficient (Wildman–Crippen LogP) is 4.59. The van der Waals surface area contributed by atoms with Gasteiger partial charge in [-0.1, -0.05) is 23.2 Å². The Bertz CT molecular complexity index is 846. The van der Waals surface area contributed by atoms with Crippen LogP contribution < -0.4 is 5.32 Å². The Kier molecular flexibility index (Phi) is 5.92. The number of esters is 1. The molecular weight excluding hydrogens is 382 g/mol. The van der Waals surface area contributed by atoms with E-state index < -0.39 is 41.1 Å². The normalized spacial score (nSPS) is 11.8. The van der Waals surface area contributed by atoms with E-state index in [0.29, 0.717) is 11.1 Å². The van der Waals surface area contributed by atoms with Gasteiger partial charge < -0.3 is 10.1 Å². The van der Waals surface area contributed by atoms with Gasteiger partial charge in [0.15, 0.2) is 23.6 Å². The number of benzene rings is 2. The second-order valence-corrected chi connectivity index (χ2v) is 5.73. The van der Waals surface area contributed by atoms with E-state index in [1.165, 1.54) is 25.1 Å². The summed E-state index contributed by atoms with van der Waals surface area (Å²) in [6, 6.07) is 5.54. The largest absolute Gasteiger partial charge is 0.449 e. The topological polar surface area (TPSA) is 55.4 Å². The molecule has 1 N–H and O–H groups in total. The average Bonchev–Trinajstić information content (AvgIpc) is 2.55. The molecule has 132 valence electrons. The minimum Gasteiger partial charge on any atom is -0.449 e. The van der Waals surface area contributed by atoms with Crippen LogP contribution in [-0.2, 0) is 9.53 Å². The molecule has 0 unspecified atom stereocenters. The monoisotopic (exact) mass is 391 g/mol. The van der Waals surface area contributed by atoms with Crippen LogP contribution in [-0.4, -0.2) is 18.0 Å². The Balaban J connectivity index is 2.08. The van der Waals surface area contributed by atoms with Crippen molar-refractivity contribution in [3.63, 3.8) is 0 Å². The van der Waals surface area contributed by atoms with E-state index in [1.54, 1.807) is 0 Å². The fraction of sp³-hybridized carbons (Fsp3) is 0.125. The first kappa shape index (κ1) is 19.1. The molecule has 9 heteroatoms. The van der Waals surface area contributed by atoms with Gasteiger partial charge in [-0.3, -0.25) is 4.79 Å². The Morgan fingerprint density at radius 2 is 1.76 bits per heavy atom. The summed E-state index contributed by atoms with van der Waals surface area (Å²) in [6.07, 6.45) is -1.35. The first-order chi connectivity index (χ1) is 11.7. The maximum Gasteiger partial charge on any atom is 0.340 e. The predicted molar refractivity (Wildman–Crippen MR) is 86.3 cm³/mol. The molecule has 0 aromatic heterocycles. The lowest BCUT2D eigenvalue weighted by molar-refractivity contribution is -0.123. The fourth-order valence-electron chi connectivity index (χ4n) is 1.79. The molecular formula is C16H10Cl2F3NO3. The van der Waals surface area contributed by atoms with Gasteiger partial charge in [-0.2, -0.15) is 0 Å².